The van der Waals surface area contributed by atoms with E-state index >= 15 is 0 Å². The zero-order valence-electron chi connectivity index (χ0n) is 6.39. The van der Waals surface area contributed by atoms with E-state index in [2.05, 4.69) is 13.8 Å². The Morgan fingerprint density at radius 1 is 1.22 bits per heavy atom. The van der Waals surface area contributed by atoms with Gasteiger partial charge in [0.1, 0.15) is 0 Å². The maximum Gasteiger partial charge on any atom is 0.283 e. The Hall–Kier alpha value is 0.0249. The fourth-order valence-corrected chi connectivity index (χ4v) is 0.924. The van der Waals surface area contributed by atoms with E-state index in [1.807, 2.05) is 0 Å². The SMILES string of the molecule is [B]OC(CCC)CCC. The molecule has 0 rings (SSSR count). The lowest BCUT2D eigenvalue weighted by Gasteiger charge is -2.12. The molecule has 9 heavy (non-hydrogen) atoms. The third kappa shape index (κ3) is 4.52. The third-order valence-electron chi connectivity index (χ3n) is 1.41. The van der Waals surface area contributed by atoms with E-state index in [4.69, 9.17) is 12.7 Å². The molecule has 2 radical (unpaired) electrons. The van der Waals surface area contributed by atoms with Gasteiger partial charge >= 0.3 is 0 Å². The summed E-state index contributed by atoms with van der Waals surface area (Å²) in [5.74, 6) is 0. The molecule has 0 fully saturated rings. The molecule has 0 spiro atoms. The summed E-state index contributed by atoms with van der Waals surface area (Å²) in [6.45, 7) is 4.28. The van der Waals surface area contributed by atoms with E-state index in [1.54, 1.807) is 0 Å². The van der Waals surface area contributed by atoms with E-state index in [9.17, 15) is 0 Å². The Morgan fingerprint density at radius 2 is 1.67 bits per heavy atom. The third-order valence-corrected chi connectivity index (χ3v) is 1.41. The van der Waals surface area contributed by atoms with Crippen LogP contribution in [0.4, 0.5) is 0 Å². The van der Waals surface area contributed by atoms with Gasteiger partial charge in [0.25, 0.3) is 8.05 Å². The van der Waals surface area contributed by atoms with Gasteiger partial charge in [-0.1, -0.05) is 26.7 Å². The number of rotatable bonds is 5. The van der Waals surface area contributed by atoms with Crippen molar-refractivity contribution in [3.63, 3.8) is 0 Å². The first-order valence-corrected chi connectivity index (χ1v) is 3.70. The lowest BCUT2D eigenvalue weighted by Crippen LogP contribution is -2.09. The van der Waals surface area contributed by atoms with Crippen LogP contribution in [0.3, 0.4) is 0 Å². The summed E-state index contributed by atoms with van der Waals surface area (Å²) >= 11 is 0. The van der Waals surface area contributed by atoms with Crippen LogP contribution in [0, 0.1) is 0 Å². The van der Waals surface area contributed by atoms with E-state index in [1.165, 1.54) is 0 Å². The van der Waals surface area contributed by atoms with E-state index in [0.717, 1.165) is 25.7 Å². The molecule has 0 aromatic carbocycles. The predicted octanol–water partition coefficient (Wildman–Crippen LogP) is 2.06. The maximum atomic E-state index is 5.04. The normalized spacial score (nSPS) is 10.6. The van der Waals surface area contributed by atoms with Crippen molar-refractivity contribution in [2.45, 2.75) is 45.6 Å². The average Bonchev–Trinajstić information content (AvgIpc) is 1.88. The van der Waals surface area contributed by atoms with Crippen LogP contribution in [0.25, 0.3) is 0 Å². The minimum absolute atomic E-state index is 0.292. The van der Waals surface area contributed by atoms with Crippen molar-refractivity contribution in [2.75, 3.05) is 0 Å². The molecule has 1 nitrogen and oxygen atoms in total. The first-order chi connectivity index (χ1) is 4.35. The molecule has 0 aliphatic heterocycles. The molecule has 52 valence electrons. The van der Waals surface area contributed by atoms with Crippen molar-refractivity contribution in [1.82, 2.24) is 0 Å². The molecule has 0 aliphatic carbocycles. The molecule has 0 aliphatic rings. The van der Waals surface area contributed by atoms with Crippen LogP contribution in [0.1, 0.15) is 39.5 Å². The molecular formula is C7H15BO. The molecule has 0 N–H and O–H groups in total. The second kappa shape index (κ2) is 6.15. The summed E-state index contributed by atoms with van der Waals surface area (Å²) < 4.78 is 4.73. The number of hydrogen-bond acceptors (Lipinski definition) is 1. The summed E-state index contributed by atoms with van der Waals surface area (Å²) in [5, 5.41) is 0. The van der Waals surface area contributed by atoms with Crippen molar-refractivity contribution in [3.05, 3.63) is 0 Å². The molecule has 0 heterocycles. The van der Waals surface area contributed by atoms with E-state index in [-0.39, 0.29) is 0 Å². The van der Waals surface area contributed by atoms with Gasteiger partial charge in [-0.2, -0.15) is 0 Å². The van der Waals surface area contributed by atoms with Gasteiger partial charge in [0.2, 0.25) is 0 Å². The van der Waals surface area contributed by atoms with Crippen LogP contribution in [0.5, 0.6) is 0 Å². The molecule has 2 heteroatoms. The molecule has 0 amide bonds. The van der Waals surface area contributed by atoms with Gasteiger partial charge in [-0.05, 0) is 12.8 Å². The van der Waals surface area contributed by atoms with Crippen molar-refractivity contribution >= 4 is 8.05 Å². The second-order valence-corrected chi connectivity index (χ2v) is 2.34. The van der Waals surface area contributed by atoms with Gasteiger partial charge in [-0.25, -0.2) is 0 Å². The Bertz CT molecular complexity index is 50.9. The lowest BCUT2D eigenvalue weighted by atomic mass is 10.1. The van der Waals surface area contributed by atoms with Crippen LogP contribution >= 0.6 is 0 Å². The Labute approximate surface area is 59.2 Å². The van der Waals surface area contributed by atoms with Crippen LogP contribution < -0.4 is 0 Å². The van der Waals surface area contributed by atoms with Gasteiger partial charge in [-0.15, -0.1) is 0 Å². The van der Waals surface area contributed by atoms with Crippen molar-refractivity contribution in [3.8, 4) is 0 Å². The highest BCUT2D eigenvalue weighted by molar-refractivity contribution is 5.98. The fraction of sp³-hybridized carbons (Fsp3) is 1.00. The van der Waals surface area contributed by atoms with Crippen LogP contribution in [0.2, 0.25) is 0 Å². The summed E-state index contributed by atoms with van der Waals surface area (Å²) in [5.41, 5.74) is 0. The topological polar surface area (TPSA) is 9.23 Å². The first kappa shape index (κ1) is 9.02. The zero-order chi connectivity index (χ0) is 7.11. The predicted molar refractivity (Wildman–Crippen MR) is 40.4 cm³/mol. The summed E-state index contributed by atoms with van der Waals surface area (Å²) in [7, 11) is 5.04. The monoisotopic (exact) mass is 126 g/mol. The Balaban J connectivity index is 3.18. The van der Waals surface area contributed by atoms with Crippen LogP contribution in [-0.2, 0) is 4.65 Å². The van der Waals surface area contributed by atoms with Crippen molar-refractivity contribution in [1.29, 1.82) is 0 Å². The molecular weight excluding hydrogens is 111 g/mol. The Kier molecular flexibility index (Phi) is 6.17. The smallest absolute Gasteiger partial charge is 0.283 e. The van der Waals surface area contributed by atoms with Crippen LogP contribution in [-0.4, -0.2) is 14.2 Å². The first-order valence-electron chi connectivity index (χ1n) is 3.70. The summed E-state index contributed by atoms with van der Waals surface area (Å²) in [6.07, 6.45) is 4.78. The minimum atomic E-state index is 0.292. The summed E-state index contributed by atoms with van der Waals surface area (Å²) in [6, 6.07) is 0. The van der Waals surface area contributed by atoms with Gasteiger partial charge in [0, 0.05) is 6.10 Å². The molecule has 0 aromatic rings. The quantitative estimate of drug-likeness (QED) is 0.512. The van der Waals surface area contributed by atoms with E-state index < -0.39 is 0 Å². The summed E-state index contributed by atoms with van der Waals surface area (Å²) in [4.78, 5) is 0. The van der Waals surface area contributed by atoms with Crippen molar-refractivity contribution in [2.24, 2.45) is 0 Å². The standard InChI is InChI=1S/C7H15BO/c1-3-5-7(9-8)6-4-2/h7H,3-6H2,1-2H3. The van der Waals surface area contributed by atoms with Crippen LogP contribution in [0.15, 0.2) is 0 Å². The maximum absolute atomic E-state index is 5.04. The molecule has 0 unspecified atom stereocenters. The average molecular weight is 126 g/mol. The molecule has 0 atom stereocenters. The second-order valence-electron chi connectivity index (χ2n) is 2.34. The molecule has 0 saturated heterocycles. The highest BCUT2D eigenvalue weighted by Crippen LogP contribution is 2.06. The molecule has 0 aromatic heterocycles. The van der Waals surface area contributed by atoms with Gasteiger partial charge < -0.3 is 4.65 Å². The largest absolute Gasteiger partial charge is 0.445 e. The molecule has 0 bridgehead atoms. The van der Waals surface area contributed by atoms with Crippen molar-refractivity contribution < 1.29 is 4.65 Å². The van der Waals surface area contributed by atoms with E-state index in [0.29, 0.717) is 6.10 Å². The minimum Gasteiger partial charge on any atom is -0.445 e. The Morgan fingerprint density at radius 3 is 1.89 bits per heavy atom. The molecule has 0 saturated carbocycles. The van der Waals surface area contributed by atoms with Gasteiger partial charge in [0.05, 0.1) is 0 Å². The number of hydrogen-bond donors (Lipinski definition) is 0. The highest BCUT2D eigenvalue weighted by atomic mass is 16.4. The zero-order valence-corrected chi connectivity index (χ0v) is 6.39. The lowest BCUT2D eigenvalue weighted by molar-refractivity contribution is 0.196. The highest BCUT2D eigenvalue weighted by Gasteiger charge is 2.01. The fourth-order valence-electron chi connectivity index (χ4n) is 0.924. The van der Waals surface area contributed by atoms with Gasteiger partial charge in [-0.3, -0.25) is 0 Å². The van der Waals surface area contributed by atoms with Gasteiger partial charge in [0.15, 0.2) is 0 Å².